The second-order valence-corrected chi connectivity index (χ2v) is 8.88. The fourth-order valence-corrected chi connectivity index (χ4v) is 3.45. The summed E-state index contributed by atoms with van der Waals surface area (Å²) >= 11 is 0. The van der Waals surface area contributed by atoms with Gasteiger partial charge in [-0.3, -0.25) is 0 Å². The van der Waals surface area contributed by atoms with Crippen LogP contribution in [0.1, 0.15) is 45.7 Å². The maximum atomic E-state index is 14.3. The van der Waals surface area contributed by atoms with Crippen molar-refractivity contribution in [3.05, 3.63) is 71.8 Å². The number of hydrogen-bond donors (Lipinski definition) is 0. The lowest BCUT2D eigenvalue weighted by Crippen LogP contribution is -2.54. The van der Waals surface area contributed by atoms with Crippen LogP contribution in [0.15, 0.2) is 60.7 Å². The average Bonchev–Trinajstić information content (AvgIpc) is 2.67. The van der Waals surface area contributed by atoms with Crippen molar-refractivity contribution in [2.45, 2.75) is 64.3 Å². The Kier molecular flexibility index (Phi) is 8.01. The van der Waals surface area contributed by atoms with Crippen molar-refractivity contribution in [1.82, 2.24) is 0 Å². The van der Waals surface area contributed by atoms with Crippen molar-refractivity contribution in [2.24, 2.45) is 0 Å². The van der Waals surface area contributed by atoms with Crippen LogP contribution in [0, 0.1) is 0 Å². The van der Waals surface area contributed by atoms with Crippen LogP contribution in [0.25, 0.3) is 0 Å². The Morgan fingerprint density at radius 1 is 0.800 bits per heavy atom. The van der Waals surface area contributed by atoms with Gasteiger partial charge < -0.3 is 14.2 Å². The van der Waals surface area contributed by atoms with Crippen molar-refractivity contribution >= 4 is 5.97 Å². The fourth-order valence-electron chi connectivity index (χ4n) is 3.45. The summed E-state index contributed by atoms with van der Waals surface area (Å²) < 4.78 is 102. The summed E-state index contributed by atoms with van der Waals surface area (Å²) in [6.45, 7) is 11.6. The molecule has 0 aliphatic heterocycles. The molecular weight excluding hydrogens is 478 g/mol. The zero-order valence-electron chi connectivity index (χ0n) is 19.8. The number of benzene rings is 2. The van der Waals surface area contributed by atoms with E-state index in [9.17, 15) is 31.1 Å². The molecule has 0 aliphatic rings. The van der Waals surface area contributed by atoms with Crippen LogP contribution in [-0.2, 0) is 14.9 Å². The van der Waals surface area contributed by atoms with Crippen LogP contribution in [-0.4, -0.2) is 30.2 Å². The zero-order valence-corrected chi connectivity index (χ0v) is 19.8. The summed E-state index contributed by atoms with van der Waals surface area (Å²) in [7, 11) is 0. The van der Waals surface area contributed by atoms with Gasteiger partial charge in [-0.25, -0.2) is 4.79 Å². The minimum atomic E-state index is -5.76. The lowest BCUT2D eigenvalue weighted by atomic mass is 9.73. The number of ether oxygens (including phenoxy) is 3. The Morgan fingerprint density at radius 2 is 1.20 bits per heavy atom. The van der Waals surface area contributed by atoms with E-state index < -0.39 is 46.8 Å². The largest absolute Gasteiger partial charge is 0.465 e. The molecule has 0 radical (unpaired) electrons. The molecule has 10 heteroatoms. The normalized spacial score (nSPS) is 13.8. The molecule has 2 aromatic carbocycles. The molecule has 0 spiro atoms. The maximum Gasteiger partial charge on any atom is 0.411 e. The van der Waals surface area contributed by atoms with Gasteiger partial charge in [0.15, 0.2) is 6.29 Å². The number of carbonyl (C=O) groups is 1. The number of halogens is 6. The summed E-state index contributed by atoms with van der Waals surface area (Å²) in [4.78, 5) is 11.6. The predicted molar refractivity (Wildman–Crippen MR) is 117 cm³/mol. The van der Waals surface area contributed by atoms with E-state index >= 15 is 0 Å². The molecule has 2 aromatic rings. The van der Waals surface area contributed by atoms with Crippen LogP contribution in [0.4, 0.5) is 26.3 Å². The molecule has 1 unspecified atom stereocenters. The third-order valence-electron chi connectivity index (χ3n) is 4.81. The lowest BCUT2D eigenvalue weighted by Gasteiger charge is -2.38. The monoisotopic (exact) mass is 504 g/mol. The standard InChI is InChI=1S/C25H26F6O4/c1-15(2)21(32)34-20-13-9-18(10-14-20)23(24(26,27)28,25(29,30)31)17-7-11-19(12-8-17)33-16(3)35-22(4,5)6/h7-14,16H,1H2,2-6H3. The van der Waals surface area contributed by atoms with Crippen LogP contribution < -0.4 is 9.47 Å². The van der Waals surface area contributed by atoms with E-state index in [1.807, 2.05) is 0 Å². The second-order valence-electron chi connectivity index (χ2n) is 8.88. The van der Waals surface area contributed by atoms with Gasteiger partial charge in [-0.05, 0) is 70.0 Å². The van der Waals surface area contributed by atoms with Crippen LogP contribution >= 0.6 is 0 Å². The molecule has 0 aromatic heterocycles. The van der Waals surface area contributed by atoms with Crippen LogP contribution in [0.2, 0.25) is 0 Å². The third-order valence-corrected chi connectivity index (χ3v) is 4.81. The predicted octanol–water partition coefficient (Wildman–Crippen LogP) is 7.12. The zero-order chi connectivity index (χ0) is 26.8. The molecule has 35 heavy (non-hydrogen) atoms. The summed E-state index contributed by atoms with van der Waals surface area (Å²) in [5, 5.41) is 0. The first-order valence-electron chi connectivity index (χ1n) is 10.4. The first-order valence-corrected chi connectivity index (χ1v) is 10.4. The van der Waals surface area contributed by atoms with E-state index in [1.54, 1.807) is 27.7 Å². The molecule has 1 atom stereocenters. The Balaban J connectivity index is 2.53. The van der Waals surface area contributed by atoms with Crippen LogP contribution in [0.3, 0.4) is 0 Å². The van der Waals surface area contributed by atoms with E-state index in [2.05, 4.69) is 6.58 Å². The highest BCUT2D eigenvalue weighted by Crippen LogP contribution is 2.56. The van der Waals surface area contributed by atoms with Crippen molar-refractivity contribution in [1.29, 1.82) is 0 Å². The van der Waals surface area contributed by atoms with Crippen LogP contribution in [0.5, 0.6) is 11.5 Å². The highest BCUT2D eigenvalue weighted by molar-refractivity contribution is 5.88. The van der Waals surface area contributed by atoms with Crippen molar-refractivity contribution in [3.63, 3.8) is 0 Å². The number of hydrogen-bond acceptors (Lipinski definition) is 4. The van der Waals surface area contributed by atoms with Gasteiger partial charge in [-0.15, -0.1) is 0 Å². The van der Waals surface area contributed by atoms with Gasteiger partial charge in [0.25, 0.3) is 0 Å². The van der Waals surface area contributed by atoms with E-state index in [4.69, 9.17) is 14.2 Å². The number of alkyl halides is 6. The maximum absolute atomic E-state index is 14.3. The Labute approximate surface area is 199 Å². The molecule has 4 nitrogen and oxygen atoms in total. The van der Waals surface area contributed by atoms with Gasteiger partial charge in [0, 0.05) is 5.57 Å². The molecule has 0 N–H and O–H groups in total. The molecule has 0 aliphatic carbocycles. The molecule has 0 saturated carbocycles. The fraction of sp³-hybridized carbons (Fsp3) is 0.400. The summed E-state index contributed by atoms with van der Waals surface area (Å²) in [5.74, 6) is -1.06. The van der Waals surface area contributed by atoms with Gasteiger partial charge in [0.2, 0.25) is 5.41 Å². The van der Waals surface area contributed by atoms with Gasteiger partial charge >= 0.3 is 18.3 Å². The second kappa shape index (κ2) is 9.93. The summed E-state index contributed by atoms with van der Waals surface area (Å²) in [6, 6.07) is 6.47. The SMILES string of the molecule is C=C(C)C(=O)Oc1ccc(C(c2ccc(OC(C)OC(C)(C)C)cc2)(C(F)(F)F)C(F)(F)F)cc1. The quantitative estimate of drug-likeness (QED) is 0.132. The third kappa shape index (κ3) is 6.36. The minimum absolute atomic E-state index is 0.0125. The van der Waals surface area contributed by atoms with Gasteiger partial charge in [0.05, 0.1) is 5.60 Å². The smallest absolute Gasteiger partial charge is 0.411 e. The van der Waals surface area contributed by atoms with E-state index in [1.165, 1.54) is 6.92 Å². The highest BCUT2D eigenvalue weighted by atomic mass is 19.4. The van der Waals surface area contributed by atoms with Crippen molar-refractivity contribution < 1.29 is 45.3 Å². The van der Waals surface area contributed by atoms with Gasteiger partial charge in [-0.2, -0.15) is 26.3 Å². The van der Waals surface area contributed by atoms with Gasteiger partial charge in [0.1, 0.15) is 11.5 Å². The number of esters is 1. The minimum Gasteiger partial charge on any atom is -0.465 e. The van der Waals surface area contributed by atoms with Gasteiger partial charge in [-0.1, -0.05) is 30.8 Å². The van der Waals surface area contributed by atoms with Crippen molar-refractivity contribution in [3.8, 4) is 11.5 Å². The molecule has 0 amide bonds. The number of carbonyl (C=O) groups excluding carboxylic acids is 1. The molecule has 0 bridgehead atoms. The molecule has 0 fully saturated rings. The summed E-state index contributed by atoms with van der Waals surface area (Å²) in [6.07, 6.45) is -12.3. The Hall–Kier alpha value is -3.01. The first kappa shape index (κ1) is 28.2. The molecule has 2 rings (SSSR count). The topological polar surface area (TPSA) is 44.8 Å². The summed E-state index contributed by atoms with van der Waals surface area (Å²) in [5.41, 5.74) is -7.06. The molecule has 0 heterocycles. The van der Waals surface area contributed by atoms with E-state index in [0.717, 1.165) is 36.4 Å². The lowest BCUT2D eigenvalue weighted by molar-refractivity contribution is -0.288. The Bertz CT molecular complexity index is 1020. The van der Waals surface area contributed by atoms with Crippen molar-refractivity contribution in [2.75, 3.05) is 0 Å². The van der Waals surface area contributed by atoms with E-state index in [0.29, 0.717) is 12.1 Å². The average molecular weight is 504 g/mol. The molecular formula is C25H26F6O4. The number of rotatable bonds is 7. The Morgan fingerprint density at radius 3 is 1.54 bits per heavy atom. The molecule has 192 valence electrons. The first-order chi connectivity index (χ1) is 15.9. The van der Waals surface area contributed by atoms with E-state index in [-0.39, 0.29) is 17.1 Å². The molecule has 0 saturated heterocycles. The highest BCUT2D eigenvalue weighted by Gasteiger charge is 2.72.